The van der Waals surface area contributed by atoms with Crippen LogP contribution >= 0.6 is 0 Å². The highest BCUT2D eigenvalue weighted by molar-refractivity contribution is 6.10. The van der Waals surface area contributed by atoms with Crippen LogP contribution in [0.4, 0.5) is 0 Å². The van der Waals surface area contributed by atoms with Crippen LogP contribution in [0.1, 0.15) is 96.0 Å². The van der Waals surface area contributed by atoms with Gasteiger partial charge >= 0.3 is 11.9 Å². The highest BCUT2D eigenvalue weighted by Crippen LogP contribution is 2.42. The number of rotatable bonds is 9. The van der Waals surface area contributed by atoms with Crippen molar-refractivity contribution in [2.45, 2.75) is 72.0 Å². The quantitative estimate of drug-likeness (QED) is 0.119. The van der Waals surface area contributed by atoms with E-state index >= 15 is 0 Å². The number of benzene rings is 2. The first-order valence-electron chi connectivity index (χ1n) is 15.0. The van der Waals surface area contributed by atoms with Gasteiger partial charge in [-0.2, -0.15) is 0 Å². The standard InChI is InChI=1S/C37H37NO5/c1-4-29-23-32-24-31(35(40)43-26(2)3)18-22-38(32)33(29)34(39)30-16-14-27(15-17-30)13-10-21-37(19-8-9-20-37)36(41)42-25-28-11-6-5-7-12-28/h5-7,11-12,14-18,22-24,26H,4,8-9,19-21,25H2,1-3H3. The van der Waals surface area contributed by atoms with Crippen molar-refractivity contribution in [2.24, 2.45) is 5.41 Å². The molecule has 1 aliphatic carbocycles. The Hall–Kier alpha value is -4.63. The van der Waals surface area contributed by atoms with Gasteiger partial charge in [-0.05, 0) is 86.7 Å². The summed E-state index contributed by atoms with van der Waals surface area (Å²) in [4.78, 5) is 39.1. The van der Waals surface area contributed by atoms with Crippen LogP contribution in [-0.4, -0.2) is 28.2 Å². The van der Waals surface area contributed by atoms with Crippen LogP contribution in [0.5, 0.6) is 0 Å². The lowest BCUT2D eigenvalue weighted by molar-refractivity contribution is -0.156. The number of aryl methyl sites for hydroxylation is 1. The number of hydrogen-bond donors (Lipinski definition) is 0. The predicted octanol–water partition coefficient (Wildman–Crippen LogP) is 7.34. The fourth-order valence-corrected chi connectivity index (χ4v) is 5.71. The summed E-state index contributed by atoms with van der Waals surface area (Å²) in [6.45, 7) is 5.90. The highest BCUT2D eigenvalue weighted by atomic mass is 16.5. The number of pyridine rings is 1. The van der Waals surface area contributed by atoms with E-state index < -0.39 is 5.41 Å². The first-order valence-corrected chi connectivity index (χ1v) is 15.0. The molecule has 43 heavy (non-hydrogen) atoms. The molecule has 0 radical (unpaired) electrons. The zero-order chi connectivity index (χ0) is 30.4. The summed E-state index contributed by atoms with van der Waals surface area (Å²) in [6.07, 6.45) is 6.23. The van der Waals surface area contributed by atoms with Gasteiger partial charge in [-0.15, -0.1) is 0 Å². The monoisotopic (exact) mass is 575 g/mol. The molecule has 2 heterocycles. The zero-order valence-corrected chi connectivity index (χ0v) is 25.0. The van der Waals surface area contributed by atoms with Crippen molar-refractivity contribution in [2.75, 3.05) is 0 Å². The molecule has 4 aromatic rings. The van der Waals surface area contributed by atoms with Gasteiger partial charge in [0.1, 0.15) is 6.61 Å². The molecule has 220 valence electrons. The number of carbonyl (C=O) groups excluding carboxylic acids is 3. The zero-order valence-electron chi connectivity index (χ0n) is 25.0. The second kappa shape index (κ2) is 13.1. The minimum absolute atomic E-state index is 0.0973. The third kappa shape index (κ3) is 6.73. The molecular formula is C37H37NO5. The SMILES string of the molecule is CCc1cc2cc(C(=O)OC(C)C)ccn2c1C(=O)c1ccc(C#CCC2(C(=O)OCc3ccccc3)CCCC2)cc1. The van der Waals surface area contributed by atoms with Crippen molar-refractivity contribution in [1.29, 1.82) is 0 Å². The smallest absolute Gasteiger partial charge is 0.338 e. The maximum absolute atomic E-state index is 13.6. The van der Waals surface area contributed by atoms with Crippen molar-refractivity contribution in [3.63, 3.8) is 0 Å². The van der Waals surface area contributed by atoms with Crippen LogP contribution in [0.2, 0.25) is 0 Å². The topological polar surface area (TPSA) is 74.1 Å². The van der Waals surface area contributed by atoms with Crippen LogP contribution in [0.25, 0.3) is 5.52 Å². The van der Waals surface area contributed by atoms with Crippen LogP contribution in [0, 0.1) is 17.3 Å². The van der Waals surface area contributed by atoms with Gasteiger partial charge in [0.2, 0.25) is 5.78 Å². The number of ether oxygens (including phenoxy) is 2. The first kappa shape index (κ1) is 29.8. The molecule has 1 fully saturated rings. The molecule has 6 heteroatoms. The first-order chi connectivity index (χ1) is 20.8. The Labute approximate surface area is 253 Å². The van der Waals surface area contributed by atoms with Gasteiger partial charge in [0.25, 0.3) is 0 Å². The average molecular weight is 576 g/mol. The summed E-state index contributed by atoms with van der Waals surface area (Å²) in [6, 6.07) is 22.4. The van der Waals surface area contributed by atoms with Crippen molar-refractivity contribution in [1.82, 2.24) is 4.40 Å². The molecule has 0 saturated heterocycles. The van der Waals surface area contributed by atoms with Crippen LogP contribution < -0.4 is 0 Å². The Morgan fingerprint density at radius 2 is 1.65 bits per heavy atom. The van der Waals surface area contributed by atoms with E-state index in [-0.39, 0.29) is 30.4 Å². The van der Waals surface area contributed by atoms with Gasteiger partial charge in [-0.3, -0.25) is 9.59 Å². The molecule has 0 amide bonds. The fraction of sp³-hybridized carbons (Fsp3) is 0.324. The minimum atomic E-state index is -0.560. The molecule has 0 aliphatic heterocycles. The third-order valence-electron chi connectivity index (χ3n) is 8.04. The summed E-state index contributed by atoms with van der Waals surface area (Å²) in [5, 5.41) is 0. The van der Waals surface area contributed by atoms with Crippen LogP contribution in [0.3, 0.4) is 0 Å². The normalized spacial score (nSPS) is 13.9. The van der Waals surface area contributed by atoms with E-state index in [1.54, 1.807) is 30.5 Å². The number of aromatic nitrogens is 1. The van der Waals surface area contributed by atoms with E-state index in [1.807, 2.05) is 73.7 Å². The second-order valence-corrected chi connectivity index (χ2v) is 11.5. The molecular weight excluding hydrogens is 538 g/mol. The van der Waals surface area contributed by atoms with Gasteiger partial charge in [0, 0.05) is 29.3 Å². The van der Waals surface area contributed by atoms with E-state index in [0.29, 0.717) is 29.7 Å². The number of esters is 2. The predicted molar refractivity (Wildman–Crippen MR) is 166 cm³/mol. The maximum atomic E-state index is 13.6. The molecule has 0 unspecified atom stereocenters. The summed E-state index contributed by atoms with van der Waals surface area (Å²) < 4.78 is 12.9. The highest BCUT2D eigenvalue weighted by Gasteiger charge is 2.42. The Bertz CT molecular complexity index is 1680. The van der Waals surface area contributed by atoms with Crippen LogP contribution in [-0.2, 0) is 27.3 Å². The fourth-order valence-electron chi connectivity index (χ4n) is 5.71. The Kier molecular flexibility index (Phi) is 9.11. The number of hydrogen-bond acceptors (Lipinski definition) is 5. The van der Waals surface area contributed by atoms with E-state index in [0.717, 1.165) is 47.9 Å². The minimum Gasteiger partial charge on any atom is -0.460 e. The van der Waals surface area contributed by atoms with Gasteiger partial charge < -0.3 is 13.9 Å². The molecule has 6 nitrogen and oxygen atoms in total. The largest absolute Gasteiger partial charge is 0.460 e. The van der Waals surface area contributed by atoms with Crippen molar-refractivity contribution in [3.8, 4) is 11.8 Å². The molecule has 0 atom stereocenters. The lowest BCUT2D eigenvalue weighted by Gasteiger charge is -2.24. The van der Waals surface area contributed by atoms with Gasteiger partial charge in [-0.1, -0.05) is 61.9 Å². The summed E-state index contributed by atoms with van der Waals surface area (Å²) >= 11 is 0. The molecule has 1 aliphatic rings. The van der Waals surface area contributed by atoms with E-state index in [9.17, 15) is 14.4 Å². The maximum Gasteiger partial charge on any atom is 0.338 e. The lowest BCUT2D eigenvalue weighted by Crippen LogP contribution is -2.29. The lowest BCUT2D eigenvalue weighted by atomic mass is 9.83. The number of ketones is 1. The number of fused-ring (bicyclic) bond motifs is 1. The molecule has 1 saturated carbocycles. The molecule has 2 aromatic carbocycles. The van der Waals surface area contributed by atoms with Crippen LogP contribution in [0.15, 0.2) is 79.0 Å². The molecule has 5 rings (SSSR count). The van der Waals surface area contributed by atoms with Crippen molar-refractivity contribution < 1.29 is 23.9 Å². The van der Waals surface area contributed by atoms with Crippen molar-refractivity contribution in [3.05, 3.63) is 113 Å². The van der Waals surface area contributed by atoms with Gasteiger partial charge in [0.05, 0.1) is 22.8 Å². The van der Waals surface area contributed by atoms with E-state index in [4.69, 9.17) is 9.47 Å². The summed E-state index contributed by atoms with van der Waals surface area (Å²) in [7, 11) is 0. The Morgan fingerprint density at radius 3 is 2.33 bits per heavy atom. The van der Waals surface area contributed by atoms with Gasteiger partial charge in [-0.25, -0.2) is 4.79 Å². The summed E-state index contributed by atoms with van der Waals surface area (Å²) in [5.41, 5.74) is 4.46. The number of nitrogens with zero attached hydrogens (tertiary/aromatic N) is 1. The summed E-state index contributed by atoms with van der Waals surface area (Å²) in [5.74, 6) is 5.77. The van der Waals surface area contributed by atoms with Gasteiger partial charge in [0.15, 0.2) is 0 Å². The second-order valence-electron chi connectivity index (χ2n) is 11.5. The Morgan fingerprint density at radius 1 is 0.930 bits per heavy atom. The molecule has 0 N–H and O–H groups in total. The van der Waals surface area contributed by atoms with Crippen molar-refractivity contribution >= 4 is 23.2 Å². The number of carbonyl (C=O) groups is 3. The molecule has 0 spiro atoms. The molecule has 2 aromatic heterocycles. The molecule has 0 bridgehead atoms. The third-order valence-corrected chi connectivity index (χ3v) is 8.04. The Balaban J connectivity index is 1.29. The average Bonchev–Trinajstić information content (AvgIpc) is 3.65. The van der Waals surface area contributed by atoms with E-state index in [1.165, 1.54) is 0 Å². The van der Waals surface area contributed by atoms with E-state index in [2.05, 4.69) is 11.8 Å².